The lowest BCUT2D eigenvalue weighted by molar-refractivity contribution is 0.0930. The number of nitrogens with zero attached hydrogens (tertiary/aromatic N) is 3. The normalized spacial score (nSPS) is 16.0. The van der Waals surface area contributed by atoms with Crippen molar-refractivity contribution in [1.82, 2.24) is 20.3 Å². The minimum absolute atomic E-state index is 0.0509. The highest BCUT2D eigenvalue weighted by Gasteiger charge is 2.25. The summed E-state index contributed by atoms with van der Waals surface area (Å²) in [6, 6.07) is 17.9. The van der Waals surface area contributed by atoms with Crippen LogP contribution in [0.3, 0.4) is 0 Å². The number of fused-ring (bicyclic) bond motifs is 1. The molecule has 1 aliphatic carbocycles. The van der Waals surface area contributed by atoms with Crippen LogP contribution in [-0.4, -0.2) is 20.9 Å². The Morgan fingerprint density at radius 3 is 2.67 bits per heavy atom. The molecule has 0 fully saturated rings. The zero-order valence-corrected chi connectivity index (χ0v) is 13.4. The van der Waals surface area contributed by atoms with Gasteiger partial charge in [-0.25, -0.2) is 0 Å². The van der Waals surface area contributed by atoms with Crippen molar-refractivity contribution in [2.45, 2.75) is 25.8 Å². The molecule has 4 rings (SSSR count). The van der Waals surface area contributed by atoms with Gasteiger partial charge in [0.05, 0.1) is 17.4 Å². The summed E-state index contributed by atoms with van der Waals surface area (Å²) in [7, 11) is 0. The largest absolute Gasteiger partial charge is 0.344 e. The Balaban J connectivity index is 1.57. The van der Waals surface area contributed by atoms with Crippen LogP contribution in [0.1, 0.15) is 39.8 Å². The molecule has 1 unspecified atom stereocenters. The Labute approximate surface area is 140 Å². The summed E-state index contributed by atoms with van der Waals surface area (Å²) < 4.78 is 0. The van der Waals surface area contributed by atoms with E-state index >= 15 is 0 Å². The van der Waals surface area contributed by atoms with Crippen molar-refractivity contribution in [1.29, 1.82) is 0 Å². The zero-order valence-electron chi connectivity index (χ0n) is 13.4. The topological polar surface area (TPSA) is 59.8 Å². The minimum atomic E-state index is -0.170. The van der Waals surface area contributed by atoms with E-state index in [1.807, 2.05) is 49.4 Å². The van der Waals surface area contributed by atoms with Gasteiger partial charge in [-0.15, -0.1) is 5.10 Å². The minimum Gasteiger partial charge on any atom is -0.344 e. The van der Waals surface area contributed by atoms with Crippen molar-refractivity contribution >= 4 is 5.91 Å². The molecule has 5 heteroatoms. The number of hydrogen-bond acceptors (Lipinski definition) is 3. The Hall–Kier alpha value is -2.95. The van der Waals surface area contributed by atoms with Gasteiger partial charge in [-0.3, -0.25) is 4.79 Å². The molecule has 0 bridgehead atoms. The van der Waals surface area contributed by atoms with Crippen molar-refractivity contribution < 1.29 is 4.79 Å². The summed E-state index contributed by atoms with van der Waals surface area (Å²) >= 11 is 0. The second-order valence-electron chi connectivity index (χ2n) is 6.02. The van der Waals surface area contributed by atoms with Gasteiger partial charge in [-0.2, -0.15) is 9.90 Å². The molecule has 1 heterocycles. The fourth-order valence-corrected chi connectivity index (χ4v) is 3.20. The third-order valence-electron chi connectivity index (χ3n) is 4.42. The maximum Gasteiger partial charge on any atom is 0.274 e. The van der Waals surface area contributed by atoms with E-state index in [1.165, 1.54) is 15.9 Å². The van der Waals surface area contributed by atoms with Crippen molar-refractivity contribution in [3.8, 4) is 5.69 Å². The summed E-state index contributed by atoms with van der Waals surface area (Å²) in [6.07, 6.45) is 1.92. The molecular formula is C19H18N4O. The van der Waals surface area contributed by atoms with E-state index in [9.17, 15) is 4.79 Å². The lowest BCUT2D eigenvalue weighted by atomic mass is 10.1. The molecular weight excluding hydrogens is 300 g/mol. The first-order valence-corrected chi connectivity index (χ1v) is 8.10. The molecule has 5 nitrogen and oxygen atoms in total. The monoisotopic (exact) mass is 318 g/mol. The average molecular weight is 318 g/mol. The van der Waals surface area contributed by atoms with Crippen LogP contribution in [-0.2, 0) is 6.42 Å². The Bertz CT molecular complexity index is 885. The molecule has 1 aliphatic rings. The SMILES string of the molecule is Cc1nn(-c2ccccc2)nc1C(=O)NC1CCc2ccccc21. The number of carbonyl (C=O) groups excluding carboxylic acids is 1. The number of benzene rings is 2. The van der Waals surface area contributed by atoms with Crippen LogP contribution in [0, 0.1) is 6.92 Å². The number of nitrogens with one attached hydrogen (secondary N) is 1. The molecule has 0 radical (unpaired) electrons. The number of amides is 1. The average Bonchev–Trinajstić information content (AvgIpc) is 3.20. The summed E-state index contributed by atoms with van der Waals surface area (Å²) in [6.45, 7) is 1.81. The molecule has 24 heavy (non-hydrogen) atoms. The molecule has 0 saturated carbocycles. The number of aryl methyl sites for hydroxylation is 2. The third-order valence-corrected chi connectivity index (χ3v) is 4.42. The van der Waals surface area contributed by atoms with Crippen LogP contribution in [0.25, 0.3) is 5.69 Å². The molecule has 0 spiro atoms. The summed E-state index contributed by atoms with van der Waals surface area (Å²) in [5.41, 5.74) is 4.36. The molecule has 2 aromatic carbocycles. The molecule has 1 atom stereocenters. The number of rotatable bonds is 3. The lowest BCUT2D eigenvalue weighted by Gasteiger charge is -2.13. The second-order valence-corrected chi connectivity index (χ2v) is 6.02. The summed E-state index contributed by atoms with van der Waals surface area (Å²) in [4.78, 5) is 14.2. The number of para-hydroxylation sites is 1. The lowest BCUT2D eigenvalue weighted by Crippen LogP contribution is -2.28. The maximum atomic E-state index is 12.6. The maximum absolute atomic E-state index is 12.6. The predicted octanol–water partition coefficient (Wildman–Crippen LogP) is 2.99. The van der Waals surface area contributed by atoms with Crippen LogP contribution < -0.4 is 5.32 Å². The highest BCUT2D eigenvalue weighted by Crippen LogP contribution is 2.30. The van der Waals surface area contributed by atoms with Crippen LogP contribution in [0.15, 0.2) is 54.6 Å². The van der Waals surface area contributed by atoms with Crippen LogP contribution in [0.2, 0.25) is 0 Å². The molecule has 120 valence electrons. The van der Waals surface area contributed by atoms with E-state index in [4.69, 9.17) is 0 Å². The third kappa shape index (κ3) is 2.58. The number of carbonyl (C=O) groups is 1. The Kier molecular flexibility index (Phi) is 3.61. The number of hydrogen-bond donors (Lipinski definition) is 1. The van der Waals surface area contributed by atoms with Crippen molar-refractivity contribution in [2.24, 2.45) is 0 Å². The summed E-state index contributed by atoms with van der Waals surface area (Å²) in [5.74, 6) is -0.170. The van der Waals surface area contributed by atoms with E-state index < -0.39 is 0 Å². The first-order chi connectivity index (χ1) is 11.7. The molecule has 3 aromatic rings. The van der Waals surface area contributed by atoms with Gasteiger partial charge in [0.15, 0.2) is 5.69 Å². The Morgan fingerprint density at radius 2 is 1.83 bits per heavy atom. The Morgan fingerprint density at radius 1 is 1.08 bits per heavy atom. The van der Waals surface area contributed by atoms with Gasteiger partial charge in [-0.1, -0.05) is 42.5 Å². The van der Waals surface area contributed by atoms with Gasteiger partial charge in [0.1, 0.15) is 0 Å². The predicted molar refractivity (Wildman–Crippen MR) is 91.1 cm³/mol. The van der Waals surface area contributed by atoms with Crippen molar-refractivity contribution in [2.75, 3.05) is 0 Å². The molecule has 0 saturated heterocycles. The fourth-order valence-electron chi connectivity index (χ4n) is 3.20. The highest BCUT2D eigenvalue weighted by atomic mass is 16.2. The van der Waals surface area contributed by atoms with E-state index in [2.05, 4.69) is 27.6 Å². The van der Waals surface area contributed by atoms with Gasteiger partial charge in [0, 0.05) is 0 Å². The highest BCUT2D eigenvalue weighted by molar-refractivity contribution is 5.93. The van der Waals surface area contributed by atoms with E-state index in [1.54, 1.807) is 0 Å². The van der Waals surface area contributed by atoms with Gasteiger partial charge in [-0.05, 0) is 43.0 Å². The molecule has 1 aromatic heterocycles. The fraction of sp³-hybridized carbons (Fsp3) is 0.211. The van der Waals surface area contributed by atoms with Crippen LogP contribution in [0.5, 0.6) is 0 Å². The van der Waals surface area contributed by atoms with Gasteiger partial charge < -0.3 is 5.32 Å². The number of aromatic nitrogens is 3. The smallest absolute Gasteiger partial charge is 0.274 e. The van der Waals surface area contributed by atoms with Crippen molar-refractivity contribution in [3.63, 3.8) is 0 Å². The summed E-state index contributed by atoms with van der Waals surface area (Å²) in [5, 5.41) is 11.8. The van der Waals surface area contributed by atoms with Crippen LogP contribution >= 0.6 is 0 Å². The first-order valence-electron chi connectivity index (χ1n) is 8.10. The second kappa shape index (κ2) is 5.92. The van der Waals surface area contributed by atoms with Gasteiger partial charge in [0.2, 0.25) is 0 Å². The van der Waals surface area contributed by atoms with E-state index in [0.717, 1.165) is 18.5 Å². The molecule has 0 aliphatic heterocycles. The standard InChI is InChI=1S/C19H18N4O/c1-13-18(22-23(21-13)15-8-3-2-4-9-15)19(24)20-17-12-11-14-7-5-6-10-16(14)17/h2-10,17H,11-12H2,1H3,(H,20,24). The van der Waals surface area contributed by atoms with E-state index in [-0.39, 0.29) is 11.9 Å². The molecule has 1 N–H and O–H groups in total. The van der Waals surface area contributed by atoms with Crippen LogP contribution in [0.4, 0.5) is 0 Å². The quantitative estimate of drug-likeness (QED) is 0.807. The van der Waals surface area contributed by atoms with Gasteiger partial charge in [0.25, 0.3) is 5.91 Å². The van der Waals surface area contributed by atoms with E-state index in [0.29, 0.717) is 11.4 Å². The molecule has 1 amide bonds. The van der Waals surface area contributed by atoms with Gasteiger partial charge >= 0.3 is 0 Å². The first kappa shape index (κ1) is 14.6. The zero-order chi connectivity index (χ0) is 16.5. The van der Waals surface area contributed by atoms with Crippen molar-refractivity contribution in [3.05, 3.63) is 77.1 Å².